The number of thiazole rings is 1. The number of carbonyl (C=O) groups is 2. The van der Waals surface area contributed by atoms with Gasteiger partial charge in [-0.3, -0.25) is 14.6 Å². The predicted molar refractivity (Wildman–Crippen MR) is 149 cm³/mol. The van der Waals surface area contributed by atoms with Crippen LogP contribution >= 0.6 is 11.3 Å². The zero-order chi connectivity index (χ0) is 29.1. The Morgan fingerprint density at radius 3 is 2.50 bits per heavy atom. The molecule has 2 aromatic heterocycles. The molecule has 1 fully saturated rings. The number of aromatic nitrogens is 2. The van der Waals surface area contributed by atoms with Crippen LogP contribution in [0.1, 0.15) is 50.9 Å². The van der Waals surface area contributed by atoms with E-state index in [0.717, 1.165) is 4.31 Å². The van der Waals surface area contributed by atoms with Crippen molar-refractivity contribution in [2.24, 2.45) is 0 Å². The molecule has 10 nitrogen and oxygen atoms in total. The lowest BCUT2D eigenvalue weighted by Gasteiger charge is -2.27. The van der Waals surface area contributed by atoms with E-state index in [1.807, 2.05) is 4.72 Å². The molecule has 0 radical (unpaired) electrons. The van der Waals surface area contributed by atoms with Gasteiger partial charge in [-0.15, -0.1) is 11.3 Å². The highest BCUT2D eigenvalue weighted by Crippen LogP contribution is 2.49. The fourth-order valence-electron chi connectivity index (χ4n) is 4.35. The van der Waals surface area contributed by atoms with Crippen molar-refractivity contribution in [3.05, 3.63) is 75.2 Å². The van der Waals surface area contributed by atoms with Crippen LogP contribution in [0.3, 0.4) is 0 Å². The van der Waals surface area contributed by atoms with Crippen molar-refractivity contribution in [1.29, 1.82) is 0 Å². The number of pyridine rings is 1. The Bertz CT molecular complexity index is 1490. The van der Waals surface area contributed by atoms with Crippen LogP contribution in [0.25, 0.3) is 0 Å². The van der Waals surface area contributed by atoms with Gasteiger partial charge in [0, 0.05) is 25.5 Å². The second-order valence-electron chi connectivity index (χ2n) is 9.82. The molecule has 1 N–H and O–H groups in total. The van der Waals surface area contributed by atoms with Gasteiger partial charge in [0.2, 0.25) is 5.91 Å². The van der Waals surface area contributed by atoms with Crippen LogP contribution in [0.4, 0.5) is 4.39 Å². The van der Waals surface area contributed by atoms with E-state index in [1.54, 1.807) is 55.5 Å². The largest absolute Gasteiger partial charge is 0.495 e. The Hall–Kier alpha value is -3.42. The molecule has 1 aromatic carbocycles. The fourth-order valence-corrected chi connectivity index (χ4v) is 5.81. The van der Waals surface area contributed by atoms with Gasteiger partial charge in [-0.1, -0.05) is 18.2 Å². The highest BCUT2D eigenvalue weighted by atomic mass is 32.2. The van der Waals surface area contributed by atoms with Gasteiger partial charge in [-0.2, -0.15) is 12.7 Å². The van der Waals surface area contributed by atoms with Gasteiger partial charge in [0.15, 0.2) is 0 Å². The number of halogens is 1. The number of amides is 2. The third kappa shape index (κ3) is 6.48. The molecule has 0 aliphatic heterocycles. The van der Waals surface area contributed by atoms with E-state index in [-0.39, 0.29) is 24.0 Å². The summed E-state index contributed by atoms with van der Waals surface area (Å²) in [5.41, 5.74) is 0.444. The van der Waals surface area contributed by atoms with Gasteiger partial charge in [0.1, 0.15) is 22.3 Å². The van der Waals surface area contributed by atoms with Gasteiger partial charge in [-0.05, 0) is 56.4 Å². The van der Waals surface area contributed by atoms with Crippen molar-refractivity contribution in [2.45, 2.75) is 44.6 Å². The molecular formula is C27H32FN5O5S2. The minimum atomic E-state index is -3.99. The van der Waals surface area contributed by atoms with Crippen molar-refractivity contribution in [3.8, 4) is 5.75 Å². The molecule has 1 aliphatic rings. The Kier molecular flexibility index (Phi) is 8.86. The normalized spacial score (nSPS) is 14.2. The van der Waals surface area contributed by atoms with Crippen LogP contribution in [0, 0.1) is 12.7 Å². The standard InChI is InChI=1S/C27H32FN5O5S2/c1-18-24(25(34)31-40(36,37)32(2)3)30-23(39-18)17-33(15-7-9-19-8-5-6-10-21(19)28)26(35)27(13-14-27)22-12-11-20(38-4)16-29-22/h5-6,8,10-12,16H,7,9,13-15,17H2,1-4H3,(H,31,34). The minimum Gasteiger partial charge on any atom is -0.495 e. The van der Waals surface area contributed by atoms with Crippen LogP contribution in [0.2, 0.25) is 0 Å². The fraction of sp³-hybridized carbons (Fsp3) is 0.407. The molecule has 3 aromatic rings. The number of hydrogen-bond acceptors (Lipinski definition) is 8. The summed E-state index contributed by atoms with van der Waals surface area (Å²) in [5, 5.41) is 0.489. The summed E-state index contributed by atoms with van der Waals surface area (Å²) < 4.78 is 46.5. The highest BCUT2D eigenvalue weighted by Gasteiger charge is 2.54. The van der Waals surface area contributed by atoms with Crippen LogP contribution in [-0.4, -0.2) is 67.2 Å². The molecule has 2 heterocycles. The molecule has 0 atom stereocenters. The summed E-state index contributed by atoms with van der Waals surface area (Å²) in [6.07, 6.45) is 3.82. The van der Waals surface area contributed by atoms with E-state index in [0.29, 0.717) is 59.1 Å². The third-order valence-corrected chi connectivity index (χ3v) is 9.19. The average molecular weight is 590 g/mol. The molecule has 40 heavy (non-hydrogen) atoms. The quantitative estimate of drug-likeness (QED) is 0.344. The second-order valence-corrected chi connectivity index (χ2v) is 13.0. The lowest BCUT2D eigenvalue weighted by atomic mass is 9.99. The molecule has 13 heteroatoms. The molecule has 2 amide bonds. The van der Waals surface area contributed by atoms with Gasteiger partial charge in [0.05, 0.1) is 31.0 Å². The number of aryl methyl sites for hydroxylation is 2. The summed E-state index contributed by atoms with van der Waals surface area (Å²) in [7, 11) is 0.179. The van der Waals surface area contributed by atoms with Crippen molar-refractivity contribution in [1.82, 2.24) is 23.9 Å². The minimum absolute atomic E-state index is 0.0119. The topological polar surface area (TPSA) is 122 Å². The molecule has 4 rings (SSSR count). The van der Waals surface area contributed by atoms with Gasteiger partial charge in [0.25, 0.3) is 5.91 Å². The van der Waals surface area contributed by atoms with Crippen LogP contribution < -0.4 is 9.46 Å². The molecule has 0 bridgehead atoms. The van der Waals surface area contributed by atoms with E-state index < -0.39 is 21.5 Å². The van der Waals surface area contributed by atoms with Crippen molar-refractivity contribution in [3.63, 3.8) is 0 Å². The summed E-state index contributed by atoms with van der Waals surface area (Å²) in [6, 6.07) is 10.1. The maximum Gasteiger partial charge on any atom is 0.303 e. The van der Waals surface area contributed by atoms with Gasteiger partial charge < -0.3 is 9.64 Å². The number of nitrogens with one attached hydrogen (secondary N) is 1. The Labute approximate surface area is 237 Å². The Morgan fingerprint density at radius 1 is 1.18 bits per heavy atom. The van der Waals surface area contributed by atoms with E-state index in [9.17, 15) is 22.4 Å². The highest BCUT2D eigenvalue weighted by molar-refractivity contribution is 7.87. The number of methoxy groups -OCH3 is 1. The van der Waals surface area contributed by atoms with Crippen molar-refractivity contribution >= 4 is 33.4 Å². The Morgan fingerprint density at radius 2 is 1.90 bits per heavy atom. The average Bonchev–Trinajstić information content (AvgIpc) is 3.65. The van der Waals surface area contributed by atoms with Gasteiger partial charge >= 0.3 is 10.2 Å². The lowest BCUT2D eigenvalue weighted by Crippen LogP contribution is -2.40. The monoisotopic (exact) mass is 589 g/mol. The first-order valence-electron chi connectivity index (χ1n) is 12.7. The second kappa shape index (κ2) is 12.0. The number of nitrogens with zero attached hydrogens (tertiary/aromatic N) is 4. The maximum atomic E-state index is 14.2. The third-order valence-electron chi connectivity index (χ3n) is 6.83. The number of ether oxygens (including phenoxy) is 1. The summed E-state index contributed by atoms with van der Waals surface area (Å²) in [6.45, 7) is 2.12. The molecule has 0 saturated heterocycles. The zero-order valence-electron chi connectivity index (χ0n) is 22.8. The van der Waals surface area contributed by atoms with E-state index in [1.165, 1.54) is 31.5 Å². The van der Waals surface area contributed by atoms with Crippen molar-refractivity contribution in [2.75, 3.05) is 27.7 Å². The number of rotatable bonds is 12. The Balaban J connectivity index is 1.56. The first kappa shape index (κ1) is 29.6. The molecule has 214 valence electrons. The summed E-state index contributed by atoms with van der Waals surface area (Å²) in [4.78, 5) is 37.7. The first-order valence-corrected chi connectivity index (χ1v) is 15.0. The molecular weight excluding hydrogens is 557 g/mol. The lowest BCUT2D eigenvalue weighted by molar-refractivity contribution is -0.134. The number of benzene rings is 1. The number of carbonyl (C=O) groups excluding carboxylic acids is 2. The predicted octanol–water partition coefficient (Wildman–Crippen LogP) is 3.22. The molecule has 0 spiro atoms. The van der Waals surface area contributed by atoms with Gasteiger partial charge in [-0.25, -0.2) is 14.1 Å². The van der Waals surface area contributed by atoms with Crippen LogP contribution in [0.5, 0.6) is 5.75 Å². The van der Waals surface area contributed by atoms with E-state index >= 15 is 0 Å². The summed E-state index contributed by atoms with van der Waals surface area (Å²) >= 11 is 1.22. The maximum absolute atomic E-state index is 14.2. The van der Waals surface area contributed by atoms with Crippen LogP contribution in [-0.2, 0) is 33.4 Å². The van der Waals surface area contributed by atoms with E-state index in [2.05, 4.69) is 9.97 Å². The molecule has 0 unspecified atom stereocenters. The first-order chi connectivity index (χ1) is 19.0. The SMILES string of the molecule is COc1ccc(C2(C(=O)N(CCCc3ccccc3F)Cc3nc(C(=O)NS(=O)(=O)N(C)C)c(C)s3)CC2)nc1. The van der Waals surface area contributed by atoms with Crippen molar-refractivity contribution < 1.29 is 27.1 Å². The van der Waals surface area contributed by atoms with Crippen LogP contribution in [0.15, 0.2) is 42.6 Å². The smallest absolute Gasteiger partial charge is 0.303 e. The molecule has 1 saturated carbocycles. The summed E-state index contributed by atoms with van der Waals surface area (Å²) in [5.74, 6) is -0.658. The number of hydrogen-bond donors (Lipinski definition) is 1. The molecule has 1 aliphatic carbocycles. The zero-order valence-corrected chi connectivity index (χ0v) is 24.4. The van der Waals surface area contributed by atoms with E-state index in [4.69, 9.17) is 4.74 Å².